The molecule has 0 fully saturated rings. The highest BCUT2D eigenvalue weighted by Gasteiger charge is 2.06. The third kappa shape index (κ3) is 3.41. The summed E-state index contributed by atoms with van der Waals surface area (Å²) in [4.78, 5) is 14.2. The number of pyridine rings is 1. The fourth-order valence-corrected chi connectivity index (χ4v) is 1.32. The first kappa shape index (κ1) is 12.3. The zero-order valence-electron chi connectivity index (χ0n) is 8.40. The Balaban J connectivity index is 2.55. The Morgan fingerprint density at radius 3 is 3.06 bits per heavy atom. The molecule has 1 aromatic heterocycles. The highest BCUT2D eigenvalue weighted by atomic mass is 35.5. The van der Waals surface area contributed by atoms with Crippen molar-refractivity contribution in [3.05, 3.63) is 22.8 Å². The van der Waals surface area contributed by atoms with E-state index in [1.54, 1.807) is 0 Å². The summed E-state index contributed by atoms with van der Waals surface area (Å²) in [6, 6.07) is 3.46. The van der Waals surface area contributed by atoms with Gasteiger partial charge in [0.05, 0.1) is 5.56 Å². The van der Waals surface area contributed by atoms with Crippen molar-refractivity contribution in [1.29, 1.82) is 5.26 Å². The maximum Gasteiger partial charge on any atom is 0.303 e. The normalized spacial score (nSPS) is 9.50. The van der Waals surface area contributed by atoms with Crippen LogP contribution < -0.4 is 5.32 Å². The fourth-order valence-electron chi connectivity index (χ4n) is 1.10. The molecule has 0 saturated carbocycles. The minimum absolute atomic E-state index is 0.0859. The van der Waals surface area contributed by atoms with Crippen molar-refractivity contribution in [2.45, 2.75) is 12.8 Å². The van der Waals surface area contributed by atoms with E-state index >= 15 is 0 Å². The van der Waals surface area contributed by atoms with Crippen LogP contribution in [-0.4, -0.2) is 22.6 Å². The van der Waals surface area contributed by atoms with Crippen LogP contribution in [0.15, 0.2) is 12.3 Å². The molecule has 0 unspecified atom stereocenters. The predicted molar refractivity (Wildman–Crippen MR) is 59.3 cm³/mol. The summed E-state index contributed by atoms with van der Waals surface area (Å²) < 4.78 is 0. The smallest absolute Gasteiger partial charge is 0.303 e. The standard InChI is InChI=1S/C10H10ClN3O2/c11-9-7(6-12)3-5-14-10(9)13-4-1-2-8(15)16/h3,5H,1-2,4H2,(H,13,14)(H,15,16). The minimum Gasteiger partial charge on any atom is -0.481 e. The molecule has 1 rings (SSSR count). The molecule has 6 heteroatoms. The number of carboxylic acids is 1. The predicted octanol–water partition coefficient (Wildman–Crippen LogP) is 1.88. The van der Waals surface area contributed by atoms with Crippen LogP contribution in [-0.2, 0) is 4.79 Å². The van der Waals surface area contributed by atoms with Crippen LogP contribution in [0, 0.1) is 11.3 Å². The van der Waals surface area contributed by atoms with Crippen molar-refractivity contribution in [2.75, 3.05) is 11.9 Å². The van der Waals surface area contributed by atoms with Crippen LogP contribution >= 0.6 is 11.6 Å². The van der Waals surface area contributed by atoms with Crippen molar-refractivity contribution in [1.82, 2.24) is 4.98 Å². The van der Waals surface area contributed by atoms with Crippen molar-refractivity contribution < 1.29 is 9.90 Å². The molecule has 0 radical (unpaired) electrons. The van der Waals surface area contributed by atoms with Gasteiger partial charge in [0.25, 0.3) is 0 Å². The zero-order chi connectivity index (χ0) is 12.0. The highest BCUT2D eigenvalue weighted by molar-refractivity contribution is 6.34. The number of aromatic nitrogens is 1. The Labute approximate surface area is 97.7 Å². The summed E-state index contributed by atoms with van der Waals surface area (Å²) in [6.45, 7) is 0.452. The first-order valence-corrected chi connectivity index (χ1v) is 5.03. The van der Waals surface area contributed by atoms with Gasteiger partial charge in [0, 0.05) is 19.2 Å². The summed E-state index contributed by atoms with van der Waals surface area (Å²) in [5.41, 5.74) is 0.345. The SMILES string of the molecule is N#Cc1ccnc(NCCCC(=O)O)c1Cl. The number of halogens is 1. The van der Waals surface area contributed by atoms with Gasteiger partial charge in [-0.15, -0.1) is 0 Å². The van der Waals surface area contributed by atoms with Gasteiger partial charge in [0.15, 0.2) is 0 Å². The second kappa shape index (κ2) is 5.93. The molecule has 0 spiro atoms. The number of nitrogens with zero attached hydrogens (tertiary/aromatic N) is 2. The quantitative estimate of drug-likeness (QED) is 0.767. The average molecular weight is 240 g/mol. The highest BCUT2D eigenvalue weighted by Crippen LogP contribution is 2.22. The van der Waals surface area contributed by atoms with Crippen LogP contribution in [0.1, 0.15) is 18.4 Å². The molecule has 0 atom stereocenters. The van der Waals surface area contributed by atoms with Gasteiger partial charge >= 0.3 is 5.97 Å². The van der Waals surface area contributed by atoms with E-state index in [1.165, 1.54) is 12.3 Å². The van der Waals surface area contributed by atoms with Gasteiger partial charge in [-0.3, -0.25) is 4.79 Å². The van der Waals surface area contributed by atoms with Crippen LogP contribution in [0.2, 0.25) is 5.02 Å². The molecule has 0 aliphatic heterocycles. The molecule has 0 saturated heterocycles. The molecule has 16 heavy (non-hydrogen) atoms. The van der Waals surface area contributed by atoms with Gasteiger partial charge in [-0.2, -0.15) is 5.26 Å². The van der Waals surface area contributed by atoms with Crippen molar-refractivity contribution in [3.8, 4) is 6.07 Å². The molecule has 1 aromatic rings. The summed E-state index contributed by atoms with van der Waals surface area (Å²) in [7, 11) is 0. The number of hydrogen-bond acceptors (Lipinski definition) is 4. The maximum absolute atomic E-state index is 10.3. The number of hydrogen-bond donors (Lipinski definition) is 2. The Morgan fingerprint density at radius 1 is 1.69 bits per heavy atom. The first-order valence-electron chi connectivity index (χ1n) is 4.65. The number of nitrogens with one attached hydrogen (secondary N) is 1. The van der Waals surface area contributed by atoms with Crippen molar-refractivity contribution >= 4 is 23.4 Å². The van der Waals surface area contributed by atoms with Crippen LogP contribution in [0.25, 0.3) is 0 Å². The Kier molecular flexibility index (Phi) is 4.55. The lowest BCUT2D eigenvalue weighted by Gasteiger charge is -2.06. The van der Waals surface area contributed by atoms with Crippen LogP contribution in [0.3, 0.4) is 0 Å². The second-order valence-electron chi connectivity index (χ2n) is 3.06. The molecule has 0 amide bonds. The largest absolute Gasteiger partial charge is 0.481 e. The number of aliphatic carboxylic acids is 1. The molecule has 1 heterocycles. The fraction of sp³-hybridized carbons (Fsp3) is 0.300. The summed E-state index contributed by atoms with van der Waals surface area (Å²) >= 11 is 5.89. The number of carbonyl (C=O) groups is 1. The third-order valence-electron chi connectivity index (χ3n) is 1.87. The molecule has 2 N–H and O–H groups in total. The molecule has 84 valence electrons. The van der Waals surface area contributed by atoms with Gasteiger partial charge in [-0.1, -0.05) is 11.6 Å². The zero-order valence-corrected chi connectivity index (χ0v) is 9.16. The van der Waals surface area contributed by atoms with Crippen molar-refractivity contribution in [3.63, 3.8) is 0 Å². The summed E-state index contributed by atoms with van der Waals surface area (Å²) in [5.74, 6) is -0.433. The van der Waals surface area contributed by atoms with Crippen LogP contribution in [0.4, 0.5) is 5.82 Å². The lowest BCUT2D eigenvalue weighted by molar-refractivity contribution is -0.137. The maximum atomic E-state index is 10.3. The lowest BCUT2D eigenvalue weighted by Crippen LogP contribution is -2.06. The molecule has 0 aromatic carbocycles. The Hall–Kier alpha value is -1.80. The van der Waals surface area contributed by atoms with E-state index in [1.807, 2.05) is 6.07 Å². The Bertz CT molecular complexity index is 429. The molecule has 0 bridgehead atoms. The number of anilines is 1. The van der Waals surface area contributed by atoms with E-state index in [0.29, 0.717) is 24.3 Å². The third-order valence-corrected chi connectivity index (χ3v) is 2.25. The molecular weight excluding hydrogens is 230 g/mol. The second-order valence-corrected chi connectivity index (χ2v) is 3.43. The van der Waals surface area contributed by atoms with E-state index in [-0.39, 0.29) is 11.4 Å². The van der Waals surface area contributed by atoms with E-state index in [0.717, 1.165) is 0 Å². The van der Waals surface area contributed by atoms with Gasteiger partial charge in [0.1, 0.15) is 16.9 Å². The number of nitriles is 1. The lowest BCUT2D eigenvalue weighted by atomic mass is 10.2. The summed E-state index contributed by atoms with van der Waals surface area (Å²) in [5, 5.41) is 20.3. The summed E-state index contributed by atoms with van der Waals surface area (Å²) in [6.07, 6.45) is 2.04. The van der Waals surface area contributed by atoms with Crippen molar-refractivity contribution in [2.24, 2.45) is 0 Å². The van der Waals surface area contributed by atoms with Gasteiger partial charge in [0.2, 0.25) is 0 Å². The van der Waals surface area contributed by atoms with E-state index in [9.17, 15) is 4.79 Å². The number of carboxylic acid groups (broad SMARTS) is 1. The molecule has 5 nitrogen and oxygen atoms in total. The van der Waals surface area contributed by atoms with E-state index < -0.39 is 5.97 Å². The van der Waals surface area contributed by atoms with E-state index in [2.05, 4.69) is 10.3 Å². The molecule has 0 aliphatic rings. The van der Waals surface area contributed by atoms with Gasteiger partial charge < -0.3 is 10.4 Å². The van der Waals surface area contributed by atoms with Gasteiger partial charge in [-0.05, 0) is 12.5 Å². The Morgan fingerprint density at radius 2 is 2.44 bits per heavy atom. The van der Waals surface area contributed by atoms with Gasteiger partial charge in [-0.25, -0.2) is 4.98 Å². The average Bonchev–Trinajstić information content (AvgIpc) is 2.26. The first-order chi connectivity index (χ1) is 7.65. The topological polar surface area (TPSA) is 86.0 Å². The number of rotatable bonds is 5. The van der Waals surface area contributed by atoms with E-state index in [4.69, 9.17) is 22.0 Å². The minimum atomic E-state index is -0.841. The molecular formula is C10H10ClN3O2. The molecule has 0 aliphatic carbocycles. The van der Waals surface area contributed by atoms with Crippen LogP contribution in [0.5, 0.6) is 0 Å². The monoisotopic (exact) mass is 239 g/mol.